The zero-order valence-corrected chi connectivity index (χ0v) is 21.5. The molecule has 0 bridgehead atoms. The van der Waals surface area contributed by atoms with Gasteiger partial charge in [-0.05, 0) is 43.4 Å². The van der Waals surface area contributed by atoms with Gasteiger partial charge in [0, 0.05) is 51.6 Å². The first-order valence-electron chi connectivity index (χ1n) is 12.7. The van der Waals surface area contributed by atoms with Gasteiger partial charge in [0.2, 0.25) is 6.41 Å². The number of hydrogen-bond acceptors (Lipinski definition) is 10. The van der Waals surface area contributed by atoms with E-state index in [1.54, 1.807) is 18.1 Å². The summed E-state index contributed by atoms with van der Waals surface area (Å²) in [6, 6.07) is 5.35. The van der Waals surface area contributed by atoms with E-state index in [1.807, 2.05) is 13.0 Å². The Morgan fingerprint density at radius 1 is 1.39 bits per heavy atom. The molecule has 2 aromatic heterocycles. The fourth-order valence-corrected chi connectivity index (χ4v) is 5.23. The summed E-state index contributed by atoms with van der Waals surface area (Å²) in [5, 5.41) is 22.5. The Kier molecular flexibility index (Phi) is 7.53. The van der Waals surface area contributed by atoms with E-state index >= 15 is 0 Å². The van der Waals surface area contributed by atoms with Crippen LogP contribution in [0.15, 0.2) is 18.3 Å². The second-order valence-electron chi connectivity index (χ2n) is 9.79. The number of carbonyl (C=O) groups excluding carboxylic acids is 2. The van der Waals surface area contributed by atoms with Gasteiger partial charge in [-0.15, -0.1) is 0 Å². The first-order valence-corrected chi connectivity index (χ1v) is 12.7. The maximum Gasteiger partial charge on any atom is 0.328 e. The zero-order chi connectivity index (χ0) is 26.8. The van der Waals surface area contributed by atoms with Gasteiger partial charge in [0.05, 0.1) is 24.0 Å². The van der Waals surface area contributed by atoms with Crippen LogP contribution in [0.3, 0.4) is 0 Å². The molecule has 2 fully saturated rings. The molecule has 0 aromatic carbocycles. The van der Waals surface area contributed by atoms with Crippen LogP contribution in [0, 0.1) is 11.3 Å². The maximum atomic E-state index is 13.4. The number of amides is 2. The number of nitriles is 1. The van der Waals surface area contributed by atoms with Gasteiger partial charge in [-0.3, -0.25) is 15.0 Å². The number of nitrogens with one attached hydrogen (secondary N) is 1. The van der Waals surface area contributed by atoms with Crippen molar-refractivity contribution in [3.63, 3.8) is 0 Å². The third-order valence-electron chi connectivity index (χ3n) is 7.38. The number of aromatic nitrogens is 2. The predicted octanol–water partition coefficient (Wildman–Crippen LogP) is 1.87. The number of fused-ring (bicyclic) bond motifs is 1. The van der Waals surface area contributed by atoms with E-state index in [1.165, 1.54) is 11.1 Å². The number of ether oxygens (including phenoxy) is 2. The van der Waals surface area contributed by atoms with Gasteiger partial charge in [-0.1, -0.05) is 0 Å². The molecule has 38 heavy (non-hydrogen) atoms. The lowest BCUT2D eigenvalue weighted by molar-refractivity contribution is -0.138. The van der Waals surface area contributed by atoms with Crippen molar-refractivity contribution in [1.82, 2.24) is 14.9 Å². The Balaban J connectivity index is 1.37. The summed E-state index contributed by atoms with van der Waals surface area (Å²) in [4.78, 5) is 39.5. The minimum Gasteiger partial charge on any atom is -0.380 e. The SMILES string of the molecule is CO[C@@H]1CCN(c2cc(NC(=O)N3CCCc4cc(CN5C(O)OC[C@@H]5C)c(C=O)nc43)ncc2C#N)C1. The number of nitrogens with zero attached hydrogens (tertiary/aromatic N) is 6. The number of hydrogen-bond donors (Lipinski definition) is 2. The minimum absolute atomic E-state index is 0.00596. The molecular formula is C26H31N7O5. The average Bonchev–Trinajstić information content (AvgIpc) is 3.54. The topological polar surface area (TPSA) is 144 Å². The number of anilines is 3. The number of methoxy groups -OCH3 is 1. The van der Waals surface area contributed by atoms with Crippen molar-refractivity contribution in [2.75, 3.05) is 48.5 Å². The standard InChI is InChI=1S/C26H31N7O5/c1-16-15-38-26(36)33(16)12-18-8-17-4-3-6-32(24(17)29-21(18)14-34)25(35)30-23-9-22(19(10-27)11-28-23)31-7-5-20(13-31)37-2/h8-9,11,14,16,20,26,36H,3-7,12-13,15H2,1-2H3,(H,28,30,35)/t16-,20+,26?/m0/s1. The molecule has 0 aliphatic carbocycles. The summed E-state index contributed by atoms with van der Waals surface area (Å²) in [6.07, 6.45) is 3.48. The molecule has 3 atom stereocenters. The van der Waals surface area contributed by atoms with Crippen LogP contribution in [0.4, 0.5) is 22.1 Å². The monoisotopic (exact) mass is 521 g/mol. The molecule has 0 spiro atoms. The number of aryl methyl sites for hydroxylation is 1. The molecule has 0 saturated carbocycles. The van der Waals surface area contributed by atoms with E-state index in [4.69, 9.17) is 9.47 Å². The third kappa shape index (κ3) is 5.06. The lowest BCUT2D eigenvalue weighted by atomic mass is 10.0. The molecule has 12 heteroatoms. The quantitative estimate of drug-likeness (QED) is 0.541. The summed E-state index contributed by atoms with van der Waals surface area (Å²) < 4.78 is 10.7. The molecule has 0 radical (unpaired) electrons. The van der Waals surface area contributed by atoms with Gasteiger partial charge in [-0.2, -0.15) is 5.26 Å². The first-order chi connectivity index (χ1) is 18.4. The second-order valence-corrected chi connectivity index (χ2v) is 9.79. The lowest BCUT2D eigenvalue weighted by Crippen LogP contribution is -2.40. The Hall–Kier alpha value is -3.63. The van der Waals surface area contributed by atoms with E-state index in [0.717, 1.165) is 24.9 Å². The predicted molar refractivity (Wildman–Crippen MR) is 138 cm³/mol. The molecule has 12 nitrogen and oxygen atoms in total. The summed E-state index contributed by atoms with van der Waals surface area (Å²) in [7, 11) is 1.67. The summed E-state index contributed by atoms with van der Waals surface area (Å²) in [6.45, 7) is 4.48. The highest BCUT2D eigenvalue weighted by atomic mass is 16.6. The Labute approximate surface area is 220 Å². The maximum absolute atomic E-state index is 13.4. The van der Waals surface area contributed by atoms with Gasteiger partial charge in [0.1, 0.15) is 23.4 Å². The summed E-state index contributed by atoms with van der Waals surface area (Å²) in [5.74, 6) is 0.753. The number of urea groups is 1. The van der Waals surface area contributed by atoms with Gasteiger partial charge in [0.25, 0.3) is 0 Å². The van der Waals surface area contributed by atoms with Gasteiger partial charge in [-0.25, -0.2) is 19.7 Å². The molecule has 1 unspecified atom stereocenters. The van der Waals surface area contributed by atoms with Crippen LogP contribution < -0.4 is 15.1 Å². The summed E-state index contributed by atoms with van der Waals surface area (Å²) >= 11 is 0. The molecular weight excluding hydrogens is 490 g/mol. The van der Waals surface area contributed by atoms with Gasteiger partial charge >= 0.3 is 6.03 Å². The number of aliphatic hydroxyl groups excluding tert-OH is 1. The van der Waals surface area contributed by atoms with E-state index in [2.05, 4.69) is 26.3 Å². The molecule has 5 rings (SSSR count). The van der Waals surface area contributed by atoms with Crippen LogP contribution in [-0.2, 0) is 22.4 Å². The van der Waals surface area contributed by atoms with Crippen molar-refractivity contribution < 1.29 is 24.2 Å². The molecule has 3 aliphatic rings. The van der Waals surface area contributed by atoms with Crippen molar-refractivity contribution in [3.8, 4) is 6.07 Å². The van der Waals surface area contributed by atoms with Crippen molar-refractivity contribution >= 4 is 29.6 Å². The normalized spacial score (nSPS) is 23.3. The lowest BCUT2D eigenvalue weighted by Gasteiger charge is -2.30. The van der Waals surface area contributed by atoms with Crippen molar-refractivity contribution in [3.05, 3.63) is 40.7 Å². The van der Waals surface area contributed by atoms with Crippen molar-refractivity contribution in [2.45, 2.75) is 51.3 Å². The molecule has 2 aromatic rings. The van der Waals surface area contributed by atoms with Crippen LogP contribution in [0.5, 0.6) is 0 Å². The highest BCUT2D eigenvalue weighted by Gasteiger charge is 2.32. The molecule has 2 amide bonds. The number of aliphatic hydroxyl groups is 1. The molecule has 2 N–H and O–H groups in total. The molecule has 3 aliphatic heterocycles. The largest absolute Gasteiger partial charge is 0.380 e. The fourth-order valence-electron chi connectivity index (χ4n) is 5.23. The van der Waals surface area contributed by atoms with E-state index in [9.17, 15) is 20.0 Å². The highest BCUT2D eigenvalue weighted by Crippen LogP contribution is 2.31. The van der Waals surface area contributed by atoms with Crippen LogP contribution in [0.1, 0.15) is 46.9 Å². The number of aldehydes is 1. The van der Waals surface area contributed by atoms with Crippen LogP contribution in [0.2, 0.25) is 0 Å². The number of carbonyl (C=O) groups is 2. The minimum atomic E-state index is -1.03. The second kappa shape index (κ2) is 11.0. The van der Waals surface area contributed by atoms with E-state index in [0.29, 0.717) is 67.4 Å². The first kappa shape index (κ1) is 26.0. The van der Waals surface area contributed by atoms with Gasteiger partial charge in [0.15, 0.2) is 6.29 Å². The van der Waals surface area contributed by atoms with Crippen molar-refractivity contribution in [2.24, 2.45) is 0 Å². The van der Waals surface area contributed by atoms with Crippen LogP contribution in [-0.4, -0.2) is 84.2 Å². The van der Waals surface area contributed by atoms with Crippen LogP contribution in [0.25, 0.3) is 0 Å². The Bertz CT molecular complexity index is 1260. The Morgan fingerprint density at radius 2 is 2.24 bits per heavy atom. The van der Waals surface area contributed by atoms with Crippen molar-refractivity contribution in [1.29, 1.82) is 5.26 Å². The van der Waals surface area contributed by atoms with Crippen LogP contribution >= 0.6 is 0 Å². The molecule has 2 saturated heterocycles. The van der Waals surface area contributed by atoms with E-state index in [-0.39, 0.29) is 17.8 Å². The summed E-state index contributed by atoms with van der Waals surface area (Å²) in [5.41, 5.74) is 2.87. The molecule has 200 valence electrons. The van der Waals surface area contributed by atoms with E-state index < -0.39 is 12.4 Å². The molecule has 5 heterocycles. The number of rotatable bonds is 6. The zero-order valence-electron chi connectivity index (χ0n) is 21.5. The average molecular weight is 522 g/mol. The van der Waals surface area contributed by atoms with Gasteiger partial charge < -0.3 is 19.5 Å². The fraction of sp³-hybridized carbons (Fsp3) is 0.500. The third-order valence-corrected chi connectivity index (χ3v) is 7.38. The Morgan fingerprint density at radius 3 is 2.92 bits per heavy atom. The smallest absolute Gasteiger partial charge is 0.328 e. The highest BCUT2D eigenvalue weighted by molar-refractivity contribution is 6.01. The number of pyridine rings is 2.